The van der Waals surface area contributed by atoms with Gasteiger partial charge in [-0.2, -0.15) is 13.2 Å². The summed E-state index contributed by atoms with van der Waals surface area (Å²) in [6.45, 7) is 2.57. The molecule has 0 aliphatic heterocycles. The third-order valence-electron chi connectivity index (χ3n) is 2.73. The molecule has 0 radical (unpaired) electrons. The summed E-state index contributed by atoms with van der Waals surface area (Å²) in [5.74, 6) is -1.71. The van der Waals surface area contributed by atoms with Gasteiger partial charge in [-0.3, -0.25) is 9.36 Å². The molecule has 0 aromatic heterocycles. The van der Waals surface area contributed by atoms with E-state index in [1.807, 2.05) is 0 Å². The first-order valence-corrected chi connectivity index (χ1v) is 8.06. The number of benzene rings is 1. The van der Waals surface area contributed by atoms with E-state index in [0.717, 1.165) is 18.2 Å². The fraction of sp³-hybridized carbons (Fsp3) is 0.462. The molecule has 5 nitrogen and oxygen atoms in total. The molecule has 1 rings (SSSR count). The summed E-state index contributed by atoms with van der Waals surface area (Å²) in [4.78, 5) is 11.5. The highest BCUT2D eigenvalue weighted by molar-refractivity contribution is 7.55. The Morgan fingerprint density at radius 3 is 2.14 bits per heavy atom. The monoisotopic (exact) mass is 340 g/mol. The second-order valence-corrected chi connectivity index (χ2v) is 6.31. The number of alkyl halides is 3. The minimum atomic E-state index is -4.78. The summed E-state index contributed by atoms with van der Waals surface area (Å²) < 4.78 is 61.6. The van der Waals surface area contributed by atoms with E-state index in [4.69, 9.17) is 9.05 Å². The number of rotatable bonds is 7. The normalized spacial score (nSPS) is 13.9. The number of carbonyl (C=O) groups is 1. The predicted octanol–water partition coefficient (Wildman–Crippen LogP) is 4.10. The fourth-order valence-electron chi connectivity index (χ4n) is 1.98. The molecule has 0 saturated heterocycles. The van der Waals surface area contributed by atoms with E-state index in [-0.39, 0.29) is 13.2 Å². The van der Waals surface area contributed by atoms with Gasteiger partial charge in [0, 0.05) is 0 Å². The van der Waals surface area contributed by atoms with E-state index < -0.39 is 36.5 Å². The molecule has 9 heteroatoms. The van der Waals surface area contributed by atoms with E-state index >= 15 is 0 Å². The number of hydrogen-bond acceptors (Lipinski definition) is 4. The molecule has 1 aromatic rings. The van der Waals surface area contributed by atoms with Crippen LogP contribution in [0, 0.1) is 0 Å². The molecule has 0 spiro atoms. The van der Waals surface area contributed by atoms with E-state index in [0.29, 0.717) is 0 Å². The van der Waals surface area contributed by atoms with E-state index in [1.165, 1.54) is 19.9 Å². The highest BCUT2D eigenvalue weighted by atomic mass is 31.2. The van der Waals surface area contributed by atoms with Crippen molar-refractivity contribution in [2.45, 2.75) is 25.7 Å². The van der Waals surface area contributed by atoms with Crippen molar-refractivity contribution in [1.82, 2.24) is 0 Å². The zero-order valence-corrected chi connectivity index (χ0v) is 12.9. The van der Waals surface area contributed by atoms with Crippen molar-refractivity contribution in [3.63, 3.8) is 0 Å². The van der Waals surface area contributed by atoms with Gasteiger partial charge in [-0.15, -0.1) is 0 Å². The molecular weight excluding hydrogens is 324 g/mol. The maximum absolute atomic E-state index is 13.1. The molecular formula is C13H16F3O5P. The molecule has 1 aromatic carbocycles. The molecule has 1 atom stereocenters. The largest absolute Gasteiger partial charge is 0.480 e. The molecule has 0 fully saturated rings. The summed E-state index contributed by atoms with van der Waals surface area (Å²) in [6, 6.07) is 4.06. The van der Waals surface area contributed by atoms with Gasteiger partial charge in [-0.1, -0.05) is 18.2 Å². The van der Waals surface area contributed by atoms with Crippen molar-refractivity contribution in [3.8, 4) is 0 Å². The SMILES string of the molecule is CCOP(=O)(OCC)C(C(=O)O)c1ccccc1C(F)(F)F. The number of hydrogen-bond donors (Lipinski definition) is 1. The van der Waals surface area contributed by atoms with Crippen LogP contribution in [0.1, 0.15) is 30.6 Å². The highest BCUT2D eigenvalue weighted by Crippen LogP contribution is 2.62. The quantitative estimate of drug-likeness (QED) is 0.757. The highest BCUT2D eigenvalue weighted by Gasteiger charge is 2.47. The minimum Gasteiger partial charge on any atom is -0.480 e. The van der Waals surface area contributed by atoms with Crippen molar-refractivity contribution >= 4 is 13.6 Å². The van der Waals surface area contributed by atoms with Crippen LogP contribution in [0.3, 0.4) is 0 Å². The Kier molecular flexibility index (Phi) is 6.17. The van der Waals surface area contributed by atoms with Crippen LogP contribution in [0.2, 0.25) is 0 Å². The van der Waals surface area contributed by atoms with Crippen molar-refractivity contribution in [2.24, 2.45) is 0 Å². The molecule has 0 amide bonds. The Hall–Kier alpha value is -1.37. The molecule has 1 N–H and O–H groups in total. The van der Waals surface area contributed by atoms with E-state index in [2.05, 4.69) is 0 Å². The van der Waals surface area contributed by atoms with Gasteiger partial charge in [0.2, 0.25) is 0 Å². The lowest BCUT2D eigenvalue weighted by Gasteiger charge is -2.25. The molecule has 0 saturated carbocycles. The summed E-state index contributed by atoms with van der Waals surface area (Å²) in [7, 11) is -4.30. The summed E-state index contributed by atoms with van der Waals surface area (Å²) in [5.41, 5.74) is -3.88. The number of carboxylic acids is 1. The number of carboxylic acid groups (broad SMARTS) is 1. The van der Waals surface area contributed by atoms with Crippen LogP contribution in [-0.2, 0) is 24.6 Å². The van der Waals surface area contributed by atoms with E-state index in [1.54, 1.807) is 0 Å². The average Bonchev–Trinajstić information content (AvgIpc) is 2.38. The third-order valence-corrected chi connectivity index (χ3v) is 5.10. The van der Waals surface area contributed by atoms with Crippen molar-refractivity contribution < 1.29 is 36.7 Å². The molecule has 0 heterocycles. The molecule has 1 unspecified atom stereocenters. The molecule has 22 heavy (non-hydrogen) atoms. The summed E-state index contributed by atoms with van der Waals surface area (Å²) >= 11 is 0. The number of aliphatic carboxylic acids is 1. The Bertz CT molecular complexity index is 563. The lowest BCUT2D eigenvalue weighted by Crippen LogP contribution is -2.20. The van der Waals surface area contributed by atoms with Gasteiger partial charge in [0.15, 0.2) is 5.66 Å². The van der Waals surface area contributed by atoms with Gasteiger partial charge in [-0.25, -0.2) is 0 Å². The zero-order chi connectivity index (χ0) is 17.0. The van der Waals surface area contributed by atoms with Gasteiger partial charge in [-0.05, 0) is 25.5 Å². The Labute approximate surface area is 125 Å². The van der Waals surface area contributed by atoms with Crippen molar-refractivity contribution in [1.29, 1.82) is 0 Å². The average molecular weight is 340 g/mol. The van der Waals surface area contributed by atoms with Crippen LogP contribution in [0.25, 0.3) is 0 Å². The van der Waals surface area contributed by atoms with Crippen LogP contribution in [0.5, 0.6) is 0 Å². The first-order chi connectivity index (χ1) is 10.2. The smallest absolute Gasteiger partial charge is 0.416 e. The maximum atomic E-state index is 13.1. The van der Waals surface area contributed by atoms with Gasteiger partial charge in [0.1, 0.15) is 0 Å². The Morgan fingerprint density at radius 2 is 1.73 bits per heavy atom. The zero-order valence-electron chi connectivity index (χ0n) is 12.0. The van der Waals surface area contributed by atoms with Gasteiger partial charge >= 0.3 is 19.7 Å². The first kappa shape index (κ1) is 18.7. The summed E-state index contributed by atoms with van der Waals surface area (Å²) in [6.07, 6.45) is -4.78. The Balaban J connectivity index is 3.51. The lowest BCUT2D eigenvalue weighted by molar-refractivity contribution is -0.140. The van der Waals surface area contributed by atoms with Crippen molar-refractivity contribution in [3.05, 3.63) is 35.4 Å². The Morgan fingerprint density at radius 1 is 1.23 bits per heavy atom. The predicted molar refractivity (Wildman–Crippen MR) is 72.7 cm³/mol. The van der Waals surface area contributed by atoms with Gasteiger partial charge < -0.3 is 14.2 Å². The van der Waals surface area contributed by atoms with Gasteiger partial charge in [0.05, 0.1) is 18.8 Å². The van der Waals surface area contributed by atoms with Crippen LogP contribution < -0.4 is 0 Å². The van der Waals surface area contributed by atoms with E-state index in [9.17, 15) is 27.6 Å². The third kappa shape index (κ3) is 4.09. The van der Waals surface area contributed by atoms with Crippen LogP contribution in [0.15, 0.2) is 24.3 Å². The standard InChI is InChI=1S/C13H16F3O5P/c1-3-20-22(19,21-4-2)11(12(17)18)9-7-5-6-8-10(9)13(14,15)16/h5-8,11H,3-4H2,1-2H3,(H,17,18). The second-order valence-electron chi connectivity index (χ2n) is 4.20. The molecule has 124 valence electrons. The van der Waals surface area contributed by atoms with Crippen LogP contribution in [-0.4, -0.2) is 24.3 Å². The van der Waals surface area contributed by atoms with Crippen LogP contribution >= 0.6 is 7.60 Å². The number of halogens is 3. The fourth-order valence-corrected chi connectivity index (χ4v) is 3.91. The lowest BCUT2D eigenvalue weighted by atomic mass is 10.0. The second kappa shape index (κ2) is 7.26. The van der Waals surface area contributed by atoms with Crippen LogP contribution in [0.4, 0.5) is 13.2 Å². The van der Waals surface area contributed by atoms with Gasteiger partial charge in [0.25, 0.3) is 0 Å². The summed E-state index contributed by atoms with van der Waals surface area (Å²) in [5, 5.41) is 9.31. The molecule has 0 bridgehead atoms. The minimum absolute atomic E-state index is 0.157. The molecule has 0 aliphatic rings. The first-order valence-electron chi connectivity index (χ1n) is 6.45. The topological polar surface area (TPSA) is 72.8 Å². The van der Waals surface area contributed by atoms with Crippen molar-refractivity contribution in [2.75, 3.05) is 13.2 Å². The maximum Gasteiger partial charge on any atom is 0.416 e. The molecule has 0 aliphatic carbocycles.